The Hall–Kier alpha value is -2.93. The average molecular weight is 588 g/mol. The van der Waals surface area contributed by atoms with Gasteiger partial charge in [-0.3, -0.25) is 9.69 Å². The second-order valence-electron chi connectivity index (χ2n) is 7.62. The van der Waals surface area contributed by atoms with E-state index in [4.69, 9.17) is 14.2 Å². The predicted octanol–water partition coefficient (Wildman–Crippen LogP) is 5.87. The van der Waals surface area contributed by atoms with Crippen molar-refractivity contribution in [2.24, 2.45) is 0 Å². The van der Waals surface area contributed by atoms with Crippen LogP contribution in [0.5, 0.6) is 11.5 Å². The number of allylic oxidation sites excluding steroid dienone is 3. The lowest BCUT2D eigenvalue weighted by molar-refractivity contribution is -0.135. The van der Waals surface area contributed by atoms with Crippen molar-refractivity contribution >= 4 is 49.8 Å². The Balaban J connectivity index is 1.85. The van der Waals surface area contributed by atoms with Crippen LogP contribution in [0.4, 0.5) is 5.69 Å². The molecule has 2 aromatic carbocycles. The molecule has 0 bridgehead atoms. The minimum atomic E-state index is -0.767. The zero-order valence-corrected chi connectivity index (χ0v) is 21.8. The van der Waals surface area contributed by atoms with Gasteiger partial charge in [0, 0.05) is 18.5 Å². The zero-order valence-electron chi connectivity index (χ0n) is 18.6. The molecule has 2 aliphatic rings. The zero-order chi connectivity index (χ0) is 24.2. The molecule has 8 heteroatoms. The maximum Gasteiger partial charge on any atom is 0.326 e. The first-order valence-electron chi connectivity index (χ1n) is 10.6. The van der Waals surface area contributed by atoms with Gasteiger partial charge in [0.05, 0.1) is 47.1 Å². The van der Waals surface area contributed by atoms with Gasteiger partial charge in [-0.25, -0.2) is 0 Å². The van der Waals surface area contributed by atoms with Crippen molar-refractivity contribution in [1.82, 2.24) is 0 Å². The number of para-hydroxylation sites is 1. The molecule has 34 heavy (non-hydrogen) atoms. The Morgan fingerprint density at radius 2 is 1.88 bits per heavy atom. The molecule has 1 aliphatic carbocycles. The van der Waals surface area contributed by atoms with Crippen molar-refractivity contribution in [2.75, 3.05) is 25.7 Å². The molecule has 4 rings (SSSR count). The number of nitrogens with zero attached hydrogens (tertiary/aromatic N) is 1. The van der Waals surface area contributed by atoms with E-state index in [2.05, 4.69) is 42.8 Å². The first kappa shape index (κ1) is 24.2. The summed E-state index contributed by atoms with van der Waals surface area (Å²) in [5.74, 6) is 0.308. The van der Waals surface area contributed by atoms with Crippen LogP contribution in [-0.2, 0) is 14.3 Å². The van der Waals surface area contributed by atoms with Crippen molar-refractivity contribution in [3.8, 4) is 11.5 Å². The van der Waals surface area contributed by atoms with Gasteiger partial charge in [0.25, 0.3) is 5.76 Å². The summed E-state index contributed by atoms with van der Waals surface area (Å²) in [6, 6.07) is 11.1. The summed E-state index contributed by atoms with van der Waals surface area (Å²) in [7, 11) is 3.15. The van der Waals surface area contributed by atoms with Crippen LogP contribution in [0.1, 0.15) is 24.3 Å². The van der Waals surface area contributed by atoms with Gasteiger partial charge in [-0.05, 0) is 68.6 Å². The number of fused-ring (bicyclic) bond motifs is 1. The van der Waals surface area contributed by atoms with Gasteiger partial charge in [-0.15, -0.1) is 0 Å². The predicted molar refractivity (Wildman–Crippen MR) is 136 cm³/mol. The van der Waals surface area contributed by atoms with Crippen LogP contribution in [0.15, 0.2) is 74.5 Å². The second-order valence-corrected chi connectivity index (χ2v) is 9.32. The number of hydrogen-bond donors (Lipinski definition) is 0. The van der Waals surface area contributed by atoms with Crippen molar-refractivity contribution in [1.29, 1.82) is 0 Å². The summed E-state index contributed by atoms with van der Waals surface area (Å²) in [6.45, 7) is 0.600. The molecule has 0 spiro atoms. The van der Waals surface area contributed by atoms with Gasteiger partial charge in [-0.1, -0.05) is 6.07 Å². The molecule has 1 unspecified atom stereocenters. The third kappa shape index (κ3) is 4.67. The van der Waals surface area contributed by atoms with Crippen LogP contribution in [-0.4, -0.2) is 33.0 Å². The van der Waals surface area contributed by atoms with Crippen LogP contribution in [0, 0.1) is 6.08 Å². The normalized spacial score (nSPS) is 16.2. The van der Waals surface area contributed by atoms with Crippen LogP contribution >= 0.6 is 31.9 Å². The van der Waals surface area contributed by atoms with Crippen molar-refractivity contribution in [2.45, 2.75) is 18.8 Å². The Morgan fingerprint density at radius 1 is 1.12 bits per heavy atom. The van der Waals surface area contributed by atoms with Gasteiger partial charge in [0.2, 0.25) is 0 Å². The van der Waals surface area contributed by atoms with Gasteiger partial charge in [0.15, 0.2) is 17.0 Å². The highest BCUT2D eigenvalue weighted by Gasteiger charge is 2.44. The Bertz CT molecular complexity index is 1200. The molecule has 0 fully saturated rings. The minimum absolute atomic E-state index is 0.398. The maximum atomic E-state index is 13.7. The summed E-state index contributed by atoms with van der Waals surface area (Å²) >= 11 is 6.92. The molecule has 0 saturated carbocycles. The molecule has 6 nitrogen and oxygen atoms in total. The number of carbonyl (C=O) groups is 2. The lowest BCUT2D eigenvalue weighted by atomic mass is 9.82. The monoisotopic (exact) mass is 586 g/mol. The number of benzene rings is 2. The third-order valence-electron chi connectivity index (χ3n) is 5.62. The van der Waals surface area contributed by atoms with E-state index in [1.165, 1.54) is 0 Å². The molecular weight excluding hydrogens is 566 g/mol. The fourth-order valence-corrected chi connectivity index (χ4v) is 5.20. The van der Waals surface area contributed by atoms with Gasteiger partial charge in [-0.2, -0.15) is 0 Å². The lowest BCUT2D eigenvalue weighted by Gasteiger charge is -2.33. The number of carbonyl (C=O) groups excluding carboxylic acids is 2. The number of anilines is 1. The van der Waals surface area contributed by atoms with Gasteiger partial charge < -0.3 is 19.0 Å². The number of esters is 1. The Labute approximate surface area is 215 Å². The third-order valence-corrected chi connectivity index (χ3v) is 6.87. The number of halogens is 2. The van der Waals surface area contributed by atoms with Crippen LogP contribution in [0.25, 0.3) is 0 Å². The minimum Gasteiger partial charge on any atom is -0.497 e. The van der Waals surface area contributed by atoms with Gasteiger partial charge in [0.1, 0.15) is 18.0 Å². The molecule has 0 amide bonds. The fourth-order valence-electron chi connectivity index (χ4n) is 4.04. The number of unbranched alkanes of at least 4 members (excludes halogenated alkanes) is 1. The quantitative estimate of drug-likeness (QED) is 0.127. The molecule has 1 atom stereocenters. The van der Waals surface area contributed by atoms with Crippen LogP contribution in [0.3, 0.4) is 0 Å². The SMILES string of the molecule is COC1=[C+]C2=C(C=C1)N(CCCC=O)c1ccc(OC)cc1C2C(=O)Oc1c(Br)cccc1Br. The highest BCUT2D eigenvalue weighted by molar-refractivity contribution is 9.11. The van der Waals surface area contributed by atoms with Gasteiger partial charge >= 0.3 is 5.97 Å². The number of rotatable bonds is 8. The standard InChI is InChI=1S/C26H22Br2NO5/c1-32-16-8-10-22-18(14-16)24(26(31)34-25-20(27)6-5-7-21(25)28)19-15-17(33-2)9-11-23(19)29(22)12-3-4-13-30/h5-11,13-14,24H,3-4,12H2,1-2H3/q+1. The van der Waals surface area contributed by atoms with Crippen molar-refractivity contribution in [3.63, 3.8) is 0 Å². The highest BCUT2D eigenvalue weighted by atomic mass is 79.9. The highest BCUT2D eigenvalue weighted by Crippen LogP contribution is 2.46. The molecule has 0 saturated heterocycles. The summed E-state index contributed by atoms with van der Waals surface area (Å²) in [5.41, 5.74) is 3.04. The van der Waals surface area contributed by atoms with Crippen molar-refractivity contribution in [3.05, 3.63) is 86.2 Å². The molecule has 174 valence electrons. The first-order valence-corrected chi connectivity index (χ1v) is 12.2. The molecule has 1 heterocycles. The van der Waals surface area contributed by atoms with E-state index in [-0.39, 0.29) is 0 Å². The molecule has 0 radical (unpaired) electrons. The first-order chi connectivity index (χ1) is 16.5. The summed E-state index contributed by atoms with van der Waals surface area (Å²) in [4.78, 5) is 26.8. The van der Waals surface area contributed by atoms with Crippen LogP contribution < -0.4 is 14.4 Å². The van der Waals surface area contributed by atoms with E-state index in [9.17, 15) is 9.59 Å². The molecule has 0 aromatic heterocycles. The smallest absolute Gasteiger partial charge is 0.326 e. The molecule has 1 aliphatic heterocycles. The Morgan fingerprint density at radius 3 is 2.56 bits per heavy atom. The van der Waals surface area contributed by atoms with Crippen molar-refractivity contribution < 1.29 is 23.8 Å². The largest absolute Gasteiger partial charge is 0.497 e. The molecule has 2 aromatic rings. The fraction of sp³-hybridized carbons (Fsp3) is 0.231. The van der Waals surface area contributed by atoms with E-state index in [0.29, 0.717) is 51.2 Å². The average Bonchev–Trinajstić information content (AvgIpc) is 2.85. The van der Waals surface area contributed by atoms with Crippen LogP contribution in [0.2, 0.25) is 0 Å². The number of methoxy groups -OCH3 is 2. The topological polar surface area (TPSA) is 65.1 Å². The summed E-state index contributed by atoms with van der Waals surface area (Å²) < 4.78 is 18.1. The molecular formula is C26H22Br2NO5+. The van der Waals surface area contributed by atoms with E-state index >= 15 is 0 Å². The lowest BCUT2D eigenvalue weighted by Crippen LogP contribution is -2.35. The van der Waals surface area contributed by atoms with E-state index in [0.717, 1.165) is 23.2 Å². The summed E-state index contributed by atoms with van der Waals surface area (Å²) in [6.07, 6.45) is 9.00. The number of aldehydes is 1. The van der Waals surface area contributed by atoms with E-state index < -0.39 is 11.9 Å². The number of hydrogen-bond acceptors (Lipinski definition) is 6. The second kappa shape index (κ2) is 10.6. The summed E-state index contributed by atoms with van der Waals surface area (Å²) in [5, 5.41) is 0. The molecule has 0 N–H and O–H groups in total. The number of ether oxygens (including phenoxy) is 3. The van der Waals surface area contributed by atoms with E-state index in [1.807, 2.05) is 48.6 Å². The van der Waals surface area contributed by atoms with E-state index in [1.54, 1.807) is 14.2 Å². The Kier molecular flexibility index (Phi) is 7.51. The maximum absolute atomic E-state index is 13.7.